The second-order valence-corrected chi connectivity index (χ2v) is 12.9. The van der Waals surface area contributed by atoms with Crippen molar-refractivity contribution in [3.05, 3.63) is 58.4 Å². The molecule has 13 heteroatoms. The van der Waals surface area contributed by atoms with Gasteiger partial charge in [-0.3, -0.25) is 14.6 Å². The second-order valence-electron chi connectivity index (χ2n) is 10.1. The number of sulfone groups is 1. The Kier molecular flexibility index (Phi) is 9.09. The van der Waals surface area contributed by atoms with Crippen LogP contribution in [0.1, 0.15) is 28.8 Å². The summed E-state index contributed by atoms with van der Waals surface area (Å²) in [6, 6.07) is 9.21. The molecule has 1 amide bonds. The van der Waals surface area contributed by atoms with E-state index in [1.807, 2.05) is 9.80 Å². The van der Waals surface area contributed by atoms with Crippen LogP contribution in [-0.4, -0.2) is 87.6 Å². The first-order chi connectivity index (χ1) is 18.3. The van der Waals surface area contributed by atoms with Crippen LogP contribution in [0.2, 0.25) is 5.02 Å². The minimum Gasteiger partial charge on any atom is -0.367 e. The Bertz CT molecular complexity index is 1300. The lowest BCUT2D eigenvalue weighted by Gasteiger charge is -2.37. The third kappa shape index (κ3) is 8.06. The maximum atomic E-state index is 15.0. The summed E-state index contributed by atoms with van der Waals surface area (Å²) >= 11 is 6.19. The summed E-state index contributed by atoms with van der Waals surface area (Å²) in [5.74, 6) is -1.34. The highest BCUT2D eigenvalue weighted by molar-refractivity contribution is 7.91. The number of likely N-dealkylation sites (tertiary alicyclic amines) is 1. The van der Waals surface area contributed by atoms with E-state index in [-0.39, 0.29) is 12.1 Å². The van der Waals surface area contributed by atoms with Crippen LogP contribution < -0.4 is 10.2 Å². The van der Waals surface area contributed by atoms with E-state index in [0.29, 0.717) is 74.2 Å². The number of carbonyl (C=O) groups is 1. The summed E-state index contributed by atoms with van der Waals surface area (Å²) in [5.41, 5.74) is 1.51. The van der Waals surface area contributed by atoms with Gasteiger partial charge < -0.3 is 10.2 Å². The molecule has 1 unspecified atom stereocenters. The number of amides is 1. The van der Waals surface area contributed by atoms with Crippen molar-refractivity contribution in [3.8, 4) is 0 Å². The van der Waals surface area contributed by atoms with E-state index < -0.39 is 39.4 Å². The van der Waals surface area contributed by atoms with Crippen molar-refractivity contribution in [1.29, 1.82) is 0 Å². The van der Waals surface area contributed by atoms with Crippen LogP contribution in [0.5, 0.6) is 0 Å². The van der Waals surface area contributed by atoms with Gasteiger partial charge in [0.05, 0.1) is 28.6 Å². The molecular formula is C26H31ClF4N4O3S. The molecule has 0 bridgehead atoms. The Morgan fingerprint density at radius 1 is 1.05 bits per heavy atom. The molecule has 2 aliphatic heterocycles. The molecule has 0 saturated carbocycles. The highest BCUT2D eigenvalue weighted by atomic mass is 35.5. The van der Waals surface area contributed by atoms with E-state index in [2.05, 4.69) is 5.32 Å². The SMILES string of the molecule is CS(=O)(=O)C1CCN(Cc2ccc(C(=O)Nc3ccc(Cl)cc3N3CCN(CCC(F)(F)F)CC3)c(F)c2)C1. The Morgan fingerprint density at radius 3 is 2.38 bits per heavy atom. The van der Waals surface area contributed by atoms with E-state index in [1.54, 1.807) is 29.2 Å². The van der Waals surface area contributed by atoms with Crippen molar-refractivity contribution in [2.75, 3.05) is 62.3 Å². The Morgan fingerprint density at radius 2 is 1.77 bits per heavy atom. The maximum absolute atomic E-state index is 15.0. The normalized spacial score (nSPS) is 19.4. The molecule has 2 aromatic rings. The number of piperazine rings is 1. The second kappa shape index (κ2) is 12.0. The van der Waals surface area contributed by atoms with Gasteiger partial charge in [0.2, 0.25) is 0 Å². The molecular weight excluding hydrogens is 560 g/mol. The molecule has 39 heavy (non-hydrogen) atoms. The minimum absolute atomic E-state index is 0.0677. The fourth-order valence-corrected chi connectivity index (χ4v) is 6.13. The van der Waals surface area contributed by atoms with Crippen molar-refractivity contribution < 1.29 is 30.8 Å². The third-order valence-corrected chi connectivity index (χ3v) is 8.98. The number of hydrogen-bond donors (Lipinski definition) is 1. The number of nitrogens with zero attached hydrogens (tertiary/aromatic N) is 3. The quantitative estimate of drug-likeness (QED) is 0.459. The monoisotopic (exact) mass is 590 g/mol. The number of rotatable bonds is 8. The smallest absolute Gasteiger partial charge is 0.367 e. The van der Waals surface area contributed by atoms with Crippen LogP contribution in [0.3, 0.4) is 0 Å². The number of halogens is 5. The summed E-state index contributed by atoms with van der Waals surface area (Å²) < 4.78 is 76.2. The molecule has 1 N–H and O–H groups in total. The highest BCUT2D eigenvalue weighted by Gasteiger charge is 2.31. The predicted octanol–water partition coefficient (Wildman–Crippen LogP) is 4.42. The summed E-state index contributed by atoms with van der Waals surface area (Å²) in [4.78, 5) is 18.6. The van der Waals surface area contributed by atoms with Gasteiger partial charge in [-0.2, -0.15) is 13.2 Å². The molecule has 2 heterocycles. The molecule has 2 aromatic carbocycles. The fraction of sp³-hybridized carbons (Fsp3) is 0.500. The molecule has 2 fully saturated rings. The Hall–Kier alpha value is -2.41. The van der Waals surface area contributed by atoms with Gasteiger partial charge in [-0.15, -0.1) is 0 Å². The first-order valence-corrected chi connectivity index (χ1v) is 15.0. The van der Waals surface area contributed by atoms with Gasteiger partial charge >= 0.3 is 6.18 Å². The molecule has 0 aliphatic carbocycles. The first-order valence-electron chi connectivity index (χ1n) is 12.6. The number of benzene rings is 2. The van der Waals surface area contributed by atoms with E-state index in [9.17, 15) is 30.8 Å². The topological polar surface area (TPSA) is 73.0 Å². The molecule has 0 spiro atoms. The summed E-state index contributed by atoms with van der Waals surface area (Å²) in [7, 11) is -3.13. The zero-order valence-corrected chi connectivity index (χ0v) is 23.0. The molecule has 7 nitrogen and oxygen atoms in total. The lowest BCUT2D eigenvalue weighted by molar-refractivity contribution is -0.138. The number of nitrogens with one attached hydrogen (secondary N) is 1. The lowest BCUT2D eigenvalue weighted by atomic mass is 10.1. The van der Waals surface area contributed by atoms with Crippen molar-refractivity contribution in [2.24, 2.45) is 0 Å². The van der Waals surface area contributed by atoms with Crippen LogP contribution >= 0.6 is 11.6 Å². The van der Waals surface area contributed by atoms with Gasteiger partial charge in [-0.1, -0.05) is 17.7 Å². The summed E-state index contributed by atoms with van der Waals surface area (Å²) in [6.07, 6.45) is -3.31. The number of carbonyl (C=O) groups excluding carboxylic acids is 1. The summed E-state index contributed by atoms with van der Waals surface area (Å²) in [6.45, 7) is 3.03. The fourth-order valence-electron chi connectivity index (χ4n) is 4.95. The molecule has 4 rings (SSSR count). The standard InChI is InChI=1S/C26H31ClF4N4O3S/c1-39(37,38)20-6-8-34(17-20)16-18-2-4-21(22(28)14-18)25(36)32-23-5-3-19(27)15-24(23)35-12-10-33(11-13-35)9-7-26(29,30)31/h2-5,14-15,20H,6-13,16-17H2,1H3,(H,32,36). The summed E-state index contributed by atoms with van der Waals surface area (Å²) in [5, 5.41) is 2.75. The maximum Gasteiger partial charge on any atom is 0.390 e. The highest BCUT2D eigenvalue weighted by Crippen LogP contribution is 2.31. The zero-order chi connectivity index (χ0) is 28.4. The largest absolute Gasteiger partial charge is 0.390 e. The van der Waals surface area contributed by atoms with Crippen LogP contribution in [0.15, 0.2) is 36.4 Å². The third-order valence-electron chi connectivity index (χ3n) is 7.15. The molecule has 0 aromatic heterocycles. The Balaban J connectivity index is 1.40. The number of alkyl halides is 3. The van der Waals surface area contributed by atoms with Gasteiger partial charge in [0, 0.05) is 57.1 Å². The van der Waals surface area contributed by atoms with E-state index in [1.165, 1.54) is 18.4 Å². The van der Waals surface area contributed by atoms with Crippen molar-refractivity contribution in [1.82, 2.24) is 9.80 Å². The molecule has 214 valence electrons. The van der Waals surface area contributed by atoms with E-state index in [0.717, 1.165) is 0 Å². The average Bonchev–Trinajstić information content (AvgIpc) is 3.33. The molecule has 2 aliphatic rings. The molecule has 2 saturated heterocycles. The van der Waals surface area contributed by atoms with E-state index >= 15 is 0 Å². The van der Waals surface area contributed by atoms with Gasteiger partial charge in [0.1, 0.15) is 5.82 Å². The van der Waals surface area contributed by atoms with Gasteiger partial charge in [-0.25, -0.2) is 12.8 Å². The number of hydrogen-bond acceptors (Lipinski definition) is 6. The van der Waals surface area contributed by atoms with Crippen molar-refractivity contribution >= 4 is 38.7 Å². The van der Waals surface area contributed by atoms with Crippen molar-refractivity contribution in [3.63, 3.8) is 0 Å². The molecule has 0 radical (unpaired) electrons. The van der Waals surface area contributed by atoms with Crippen LogP contribution in [0.25, 0.3) is 0 Å². The van der Waals surface area contributed by atoms with Gasteiger partial charge in [0.15, 0.2) is 9.84 Å². The van der Waals surface area contributed by atoms with Gasteiger partial charge in [-0.05, 0) is 48.9 Å². The Labute approximate surface area is 230 Å². The van der Waals surface area contributed by atoms with Crippen molar-refractivity contribution in [2.45, 2.75) is 30.8 Å². The predicted molar refractivity (Wildman–Crippen MR) is 144 cm³/mol. The van der Waals surface area contributed by atoms with Crippen LogP contribution in [0.4, 0.5) is 28.9 Å². The van der Waals surface area contributed by atoms with E-state index in [4.69, 9.17) is 11.6 Å². The zero-order valence-electron chi connectivity index (χ0n) is 21.5. The minimum atomic E-state index is -4.20. The van der Waals surface area contributed by atoms with Crippen LogP contribution in [-0.2, 0) is 16.4 Å². The van der Waals surface area contributed by atoms with Gasteiger partial charge in [0.25, 0.3) is 5.91 Å². The first kappa shape index (κ1) is 29.6. The number of anilines is 2. The van der Waals surface area contributed by atoms with Crippen LogP contribution in [0, 0.1) is 5.82 Å². The molecule has 1 atom stereocenters. The average molecular weight is 591 g/mol. The lowest BCUT2D eigenvalue weighted by Crippen LogP contribution is -2.47.